The van der Waals surface area contributed by atoms with Crippen LogP contribution in [0, 0.1) is 6.92 Å². The van der Waals surface area contributed by atoms with Crippen molar-refractivity contribution >= 4 is 29.5 Å². The topological polar surface area (TPSA) is 46.2 Å². The molecule has 0 saturated heterocycles. The summed E-state index contributed by atoms with van der Waals surface area (Å²) in [7, 11) is 0. The maximum absolute atomic E-state index is 12.0. The Morgan fingerprint density at radius 2 is 1.84 bits per heavy atom. The third-order valence-electron chi connectivity index (χ3n) is 2.68. The van der Waals surface area contributed by atoms with Crippen molar-refractivity contribution in [2.75, 3.05) is 5.32 Å². The molecule has 0 aliphatic heterocycles. The first-order chi connectivity index (χ1) is 9.10. The van der Waals surface area contributed by atoms with Crippen molar-refractivity contribution in [1.29, 1.82) is 0 Å². The summed E-state index contributed by atoms with van der Waals surface area (Å²) >= 11 is 6.05. The van der Waals surface area contributed by atoms with Crippen LogP contribution in [0.1, 0.15) is 26.3 Å². The van der Waals surface area contributed by atoms with Gasteiger partial charge in [-0.3, -0.25) is 9.59 Å². The second-order valence-electron chi connectivity index (χ2n) is 4.18. The normalized spacial score (nSPS) is 10.0. The molecule has 0 atom stereocenters. The number of hydrogen-bond donors (Lipinski definition) is 1. The molecule has 0 radical (unpaired) electrons. The fourth-order valence-corrected chi connectivity index (χ4v) is 1.91. The highest BCUT2D eigenvalue weighted by Gasteiger charge is 2.08. The Morgan fingerprint density at radius 3 is 2.42 bits per heavy atom. The first-order valence-corrected chi connectivity index (χ1v) is 6.10. The maximum atomic E-state index is 12.0. The van der Waals surface area contributed by atoms with Gasteiger partial charge in [-0.05, 0) is 36.8 Å². The number of rotatable bonds is 3. The van der Waals surface area contributed by atoms with Crippen molar-refractivity contribution < 1.29 is 9.59 Å². The molecule has 2 aromatic rings. The molecule has 0 saturated carbocycles. The van der Waals surface area contributed by atoms with E-state index in [1.165, 1.54) is 0 Å². The molecular weight excluding hydrogens is 262 g/mol. The quantitative estimate of drug-likeness (QED) is 0.867. The standard InChI is InChI=1S/C15H12ClNO2/c1-10-2-7-14(13(16)8-10)17-15(19)12-5-3-11(9-18)4-6-12/h2-9H,1H3,(H,17,19). The Labute approximate surface area is 116 Å². The van der Waals surface area contributed by atoms with Gasteiger partial charge in [-0.25, -0.2) is 0 Å². The summed E-state index contributed by atoms with van der Waals surface area (Å²) in [4.78, 5) is 22.5. The zero-order valence-corrected chi connectivity index (χ0v) is 11.1. The van der Waals surface area contributed by atoms with Crippen molar-refractivity contribution in [3.63, 3.8) is 0 Å². The average molecular weight is 274 g/mol. The lowest BCUT2D eigenvalue weighted by Crippen LogP contribution is -2.12. The minimum absolute atomic E-state index is 0.261. The van der Waals surface area contributed by atoms with Crippen LogP contribution in [-0.4, -0.2) is 12.2 Å². The molecule has 3 nitrogen and oxygen atoms in total. The number of halogens is 1. The number of hydrogen-bond acceptors (Lipinski definition) is 2. The molecule has 0 aliphatic rings. The van der Waals surface area contributed by atoms with Crippen LogP contribution < -0.4 is 5.32 Å². The van der Waals surface area contributed by atoms with Crippen LogP contribution in [0.5, 0.6) is 0 Å². The summed E-state index contributed by atoms with van der Waals surface area (Å²) in [6, 6.07) is 11.8. The number of anilines is 1. The van der Waals surface area contributed by atoms with Gasteiger partial charge in [0.1, 0.15) is 6.29 Å². The highest BCUT2D eigenvalue weighted by Crippen LogP contribution is 2.23. The van der Waals surface area contributed by atoms with Crippen LogP contribution in [0.3, 0.4) is 0 Å². The molecule has 2 rings (SSSR count). The average Bonchev–Trinajstić information content (AvgIpc) is 2.42. The van der Waals surface area contributed by atoms with Gasteiger partial charge in [0, 0.05) is 11.1 Å². The van der Waals surface area contributed by atoms with E-state index in [1.54, 1.807) is 36.4 Å². The van der Waals surface area contributed by atoms with E-state index in [0.717, 1.165) is 11.8 Å². The van der Waals surface area contributed by atoms with E-state index < -0.39 is 0 Å². The predicted molar refractivity (Wildman–Crippen MR) is 76.0 cm³/mol. The van der Waals surface area contributed by atoms with Gasteiger partial charge in [0.05, 0.1) is 10.7 Å². The minimum Gasteiger partial charge on any atom is -0.321 e. The molecule has 0 spiro atoms. The first kappa shape index (κ1) is 13.3. The zero-order chi connectivity index (χ0) is 13.8. The van der Waals surface area contributed by atoms with Crippen LogP contribution in [0.15, 0.2) is 42.5 Å². The van der Waals surface area contributed by atoms with Gasteiger partial charge < -0.3 is 5.32 Å². The molecule has 0 heterocycles. The third-order valence-corrected chi connectivity index (χ3v) is 2.99. The van der Waals surface area contributed by atoms with Crippen molar-refractivity contribution in [3.8, 4) is 0 Å². The van der Waals surface area contributed by atoms with Crippen LogP contribution >= 0.6 is 11.6 Å². The molecule has 96 valence electrons. The summed E-state index contributed by atoms with van der Waals surface area (Å²) < 4.78 is 0. The van der Waals surface area contributed by atoms with Crippen LogP contribution in [-0.2, 0) is 0 Å². The molecular formula is C15H12ClNO2. The Morgan fingerprint density at radius 1 is 1.16 bits per heavy atom. The van der Waals surface area contributed by atoms with Crippen LogP contribution in [0.4, 0.5) is 5.69 Å². The second-order valence-corrected chi connectivity index (χ2v) is 4.58. The third kappa shape index (κ3) is 3.20. The van der Waals surface area contributed by atoms with Gasteiger partial charge in [0.15, 0.2) is 0 Å². The molecule has 0 aliphatic carbocycles. The summed E-state index contributed by atoms with van der Waals surface area (Å²) in [5, 5.41) is 3.23. The lowest BCUT2D eigenvalue weighted by Gasteiger charge is -2.08. The lowest BCUT2D eigenvalue weighted by molar-refractivity contribution is 0.102. The van der Waals surface area contributed by atoms with E-state index in [0.29, 0.717) is 21.8 Å². The van der Waals surface area contributed by atoms with Gasteiger partial charge in [-0.1, -0.05) is 29.8 Å². The number of carbonyl (C=O) groups is 2. The van der Waals surface area contributed by atoms with E-state index in [1.807, 2.05) is 13.0 Å². The van der Waals surface area contributed by atoms with Crippen molar-refractivity contribution in [3.05, 3.63) is 64.2 Å². The molecule has 2 aromatic carbocycles. The Hall–Kier alpha value is -2.13. The first-order valence-electron chi connectivity index (χ1n) is 5.73. The fraction of sp³-hybridized carbons (Fsp3) is 0.0667. The van der Waals surface area contributed by atoms with Crippen LogP contribution in [0.2, 0.25) is 5.02 Å². The largest absolute Gasteiger partial charge is 0.321 e. The Bertz CT molecular complexity index is 621. The van der Waals surface area contributed by atoms with Crippen LogP contribution in [0.25, 0.3) is 0 Å². The summed E-state index contributed by atoms with van der Waals surface area (Å²) in [6.07, 6.45) is 0.735. The molecule has 1 amide bonds. The maximum Gasteiger partial charge on any atom is 0.255 e. The Kier molecular flexibility index (Phi) is 3.97. The van der Waals surface area contributed by atoms with Crippen molar-refractivity contribution in [1.82, 2.24) is 0 Å². The summed E-state index contributed by atoms with van der Waals surface area (Å²) in [5.74, 6) is -0.261. The van der Waals surface area contributed by atoms with Gasteiger partial charge in [-0.2, -0.15) is 0 Å². The fourth-order valence-electron chi connectivity index (χ4n) is 1.63. The van der Waals surface area contributed by atoms with Gasteiger partial charge in [0.2, 0.25) is 0 Å². The van der Waals surface area contributed by atoms with Crippen molar-refractivity contribution in [2.45, 2.75) is 6.92 Å². The molecule has 0 bridgehead atoms. The number of aldehydes is 1. The predicted octanol–water partition coefficient (Wildman–Crippen LogP) is 3.71. The second kappa shape index (κ2) is 5.67. The zero-order valence-electron chi connectivity index (χ0n) is 10.3. The number of nitrogens with one attached hydrogen (secondary N) is 1. The summed E-state index contributed by atoms with van der Waals surface area (Å²) in [6.45, 7) is 1.93. The number of aryl methyl sites for hydroxylation is 1. The minimum atomic E-state index is -0.261. The molecule has 0 aromatic heterocycles. The molecule has 19 heavy (non-hydrogen) atoms. The highest BCUT2D eigenvalue weighted by atomic mass is 35.5. The van der Waals surface area contributed by atoms with Gasteiger partial charge >= 0.3 is 0 Å². The highest BCUT2D eigenvalue weighted by molar-refractivity contribution is 6.34. The van der Waals surface area contributed by atoms with E-state index in [4.69, 9.17) is 11.6 Å². The van der Waals surface area contributed by atoms with E-state index >= 15 is 0 Å². The molecule has 4 heteroatoms. The SMILES string of the molecule is Cc1ccc(NC(=O)c2ccc(C=O)cc2)c(Cl)c1. The van der Waals surface area contributed by atoms with Gasteiger partial charge in [0.25, 0.3) is 5.91 Å². The van der Waals surface area contributed by atoms with Gasteiger partial charge in [-0.15, -0.1) is 0 Å². The van der Waals surface area contributed by atoms with E-state index in [2.05, 4.69) is 5.32 Å². The number of amides is 1. The molecule has 0 unspecified atom stereocenters. The lowest BCUT2D eigenvalue weighted by atomic mass is 10.1. The van der Waals surface area contributed by atoms with E-state index in [-0.39, 0.29) is 5.91 Å². The molecule has 0 fully saturated rings. The van der Waals surface area contributed by atoms with Crippen molar-refractivity contribution in [2.24, 2.45) is 0 Å². The smallest absolute Gasteiger partial charge is 0.255 e. The molecule has 1 N–H and O–H groups in total. The monoisotopic (exact) mass is 273 g/mol. The number of benzene rings is 2. The Balaban J connectivity index is 2.17. The summed E-state index contributed by atoms with van der Waals surface area (Å²) in [5.41, 5.74) is 2.60. The number of carbonyl (C=O) groups excluding carboxylic acids is 2. The van der Waals surface area contributed by atoms with E-state index in [9.17, 15) is 9.59 Å².